The minimum absolute atomic E-state index is 0.0273. The van der Waals surface area contributed by atoms with Gasteiger partial charge >= 0.3 is 5.97 Å². The van der Waals surface area contributed by atoms with Crippen LogP contribution in [-0.2, 0) is 15.0 Å². The number of hydrogen-bond acceptors (Lipinski definition) is 3. The Balaban J connectivity index is 1.31. The quantitative estimate of drug-likeness (QED) is 0.746. The van der Waals surface area contributed by atoms with Crippen LogP contribution in [0.3, 0.4) is 0 Å². The first-order valence-corrected chi connectivity index (χ1v) is 9.49. The van der Waals surface area contributed by atoms with Crippen LogP contribution in [0.15, 0.2) is 24.3 Å². The van der Waals surface area contributed by atoms with E-state index in [0.717, 1.165) is 37.8 Å². The van der Waals surface area contributed by atoms with Gasteiger partial charge in [-0.05, 0) is 62.1 Å². The lowest BCUT2D eigenvalue weighted by molar-refractivity contribution is -0.140. The standard InChI is InChI=1S/C20H25FN2O3/c21-15-5-3-14(4-6-15)20(7-8-20)19(26)22-16-9-17(10-16)23(12-18(24)25)11-13-1-2-13/h3-6,13,16-17H,1-2,7-12H2,(H,22,26)(H,24,25). The molecule has 3 aliphatic carbocycles. The maximum atomic E-state index is 13.1. The van der Waals surface area contributed by atoms with Gasteiger partial charge in [0, 0.05) is 18.6 Å². The number of benzene rings is 1. The number of carbonyl (C=O) groups excluding carboxylic acids is 1. The third-order valence-electron chi connectivity index (χ3n) is 6.07. The van der Waals surface area contributed by atoms with Crippen LogP contribution in [0.5, 0.6) is 0 Å². The van der Waals surface area contributed by atoms with Crippen molar-refractivity contribution in [2.45, 2.75) is 56.0 Å². The molecule has 26 heavy (non-hydrogen) atoms. The third-order valence-corrected chi connectivity index (χ3v) is 6.07. The molecule has 1 aromatic carbocycles. The molecule has 0 aliphatic heterocycles. The minimum Gasteiger partial charge on any atom is -0.480 e. The zero-order chi connectivity index (χ0) is 18.3. The lowest BCUT2D eigenvalue weighted by Crippen LogP contribution is -2.56. The molecule has 5 nitrogen and oxygen atoms in total. The number of amides is 1. The van der Waals surface area contributed by atoms with E-state index in [2.05, 4.69) is 10.2 Å². The van der Waals surface area contributed by atoms with Crippen LogP contribution in [0.1, 0.15) is 44.1 Å². The summed E-state index contributed by atoms with van der Waals surface area (Å²) in [6, 6.07) is 6.58. The number of carboxylic acid groups (broad SMARTS) is 1. The summed E-state index contributed by atoms with van der Waals surface area (Å²) in [5, 5.41) is 12.3. The number of aliphatic carboxylic acids is 1. The van der Waals surface area contributed by atoms with Crippen LogP contribution >= 0.6 is 0 Å². The van der Waals surface area contributed by atoms with E-state index in [0.29, 0.717) is 5.92 Å². The summed E-state index contributed by atoms with van der Waals surface area (Å²) in [6.45, 7) is 0.943. The van der Waals surface area contributed by atoms with E-state index in [-0.39, 0.29) is 30.4 Å². The molecule has 0 aromatic heterocycles. The van der Waals surface area contributed by atoms with Crippen molar-refractivity contribution in [1.29, 1.82) is 0 Å². The van der Waals surface area contributed by atoms with Gasteiger partial charge in [-0.3, -0.25) is 14.5 Å². The number of carboxylic acids is 1. The second kappa shape index (κ2) is 6.65. The lowest BCUT2D eigenvalue weighted by atomic mass is 9.84. The van der Waals surface area contributed by atoms with E-state index >= 15 is 0 Å². The molecule has 0 saturated heterocycles. The maximum Gasteiger partial charge on any atom is 0.317 e. The van der Waals surface area contributed by atoms with Crippen molar-refractivity contribution in [3.8, 4) is 0 Å². The molecule has 0 unspecified atom stereocenters. The van der Waals surface area contributed by atoms with Gasteiger partial charge in [-0.1, -0.05) is 12.1 Å². The summed E-state index contributed by atoms with van der Waals surface area (Å²) in [4.78, 5) is 25.9. The zero-order valence-corrected chi connectivity index (χ0v) is 14.8. The number of rotatable bonds is 8. The van der Waals surface area contributed by atoms with Gasteiger partial charge in [-0.15, -0.1) is 0 Å². The Bertz CT molecular complexity index is 692. The fraction of sp³-hybridized carbons (Fsp3) is 0.600. The summed E-state index contributed by atoms with van der Waals surface area (Å²) in [6.07, 6.45) is 5.61. The summed E-state index contributed by atoms with van der Waals surface area (Å²) in [5.74, 6) is -0.400. The average molecular weight is 360 g/mol. The predicted molar refractivity (Wildman–Crippen MR) is 94.2 cm³/mol. The monoisotopic (exact) mass is 360 g/mol. The van der Waals surface area contributed by atoms with Gasteiger partial charge in [-0.2, -0.15) is 0 Å². The lowest BCUT2D eigenvalue weighted by Gasteiger charge is -2.43. The van der Waals surface area contributed by atoms with Crippen LogP contribution in [0.25, 0.3) is 0 Å². The second-order valence-corrected chi connectivity index (χ2v) is 8.15. The molecule has 0 spiro atoms. The van der Waals surface area contributed by atoms with Crippen LogP contribution in [-0.4, -0.2) is 47.1 Å². The van der Waals surface area contributed by atoms with Crippen molar-refractivity contribution < 1.29 is 19.1 Å². The Hall–Kier alpha value is -1.95. The molecule has 4 rings (SSSR count). The van der Waals surface area contributed by atoms with Gasteiger partial charge in [-0.25, -0.2) is 4.39 Å². The molecular formula is C20H25FN2O3. The summed E-state index contributed by atoms with van der Waals surface area (Å²) in [5.41, 5.74) is 0.390. The molecule has 3 fully saturated rings. The molecule has 0 bridgehead atoms. The fourth-order valence-electron chi connectivity index (χ4n) is 4.02. The van der Waals surface area contributed by atoms with E-state index in [4.69, 9.17) is 5.11 Å². The van der Waals surface area contributed by atoms with Crippen molar-refractivity contribution in [1.82, 2.24) is 10.2 Å². The van der Waals surface area contributed by atoms with Gasteiger partial charge < -0.3 is 10.4 Å². The van der Waals surface area contributed by atoms with Gasteiger partial charge in [0.05, 0.1) is 12.0 Å². The van der Waals surface area contributed by atoms with E-state index in [1.807, 2.05) is 0 Å². The SMILES string of the molecule is O=C(O)CN(CC1CC1)C1CC(NC(=O)C2(c3ccc(F)cc3)CC2)C1. The third kappa shape index (κ3) is 3.61. The minimum atomic E-state index is -0.786. The first-order valence-electron chi connectivity index (χ1n) is 9.49. The van der Waals surface area contributed by atoms with E-state index in [9.17, 15) is 14.0 Å². The molecule has 1 aromatic rings. The highest BCUT2D eigenvalue weighted by Crippen LogP contribution is 2.48. The van der Waals surface area contributed by atoms with Gasteiger partial charge in [0.2, 0.25) is 5.91 Å². The highest BCUT2D eigenvalue weighted by molar-refractivity contribution is 5.91. The van der Waals surface area contributed by atoms with Crippen LogP contribution in [0.4, 0.5) is 4.39 Å². The smallest absolute Gasteiger partial charge is 0.317 e. The molecule has 0 heterocycles. The number of hydrogen-bond donors (Lipinski definition) is 2. The Morgan fingerprint density at radius 1 is 1.19 bits per heavy atom. The van der Waals surface area contributed by atoms with Gasteiger partial charge in [0.25, 0.3) is 0 Å². The normalized spacial score (nSPS) is 26.2. The van der Waals surface area contributed by atoms with Crippen molar-refractivity contribution in [3.05, 3.63) is 35.6 Å². The van der Waals surface area contributed by atoms with Crippen molar-refractivity contribution in [2.24, 2.45) is 5.92 Å². The van der Waals surface area contributed by atoms with Crippen molar-refractivity contribution >= 4 is 11.9 Å². The molecule has 0 atom stereocenters. The zero-order valence-electron chi connectivity index (χ0n) is 14.8. The topological polar surface area (TPSA) is 69.6 Å². The van der Waals surface area contributed by atoms with Crippen molar-refractivity contribution in [3.63, 3.8) is 0 Å². The molecule has 1 amide bonds. The molecule has 2 N–H and O–H groups in total. The fourth-order valence-corrected chi connectivity index (χ4v) is 4.02. The Morgan fingerprint density at radius 2 is 1.85 bits per heavy atom. The molecule has 3 aliphatic rings. The number of carbonyl (C=O) groups is 2. The summed E-state index contributed by atoms with van der Waals surface area (Å²) in [7, 11) is 0. The van der Waals surface area contributed by atoms with Crippen molar-refractivity contribution in [2.75, 3.05) is 13.1 Å². The molecule has 0 radical (unpaired) electrons. The number of nitrogens with one attached hydrogen (secondary N) is 1. The average Bonchev–Trinajstić information content (AvgIpc) is 3.44. The molecule has 3 saturated carbocycles. The predicted octanol–water partition coefficient (Wildman–Crippen LogP) is 2.30. The number of nitrogens with zero attached hydrogens (tertiary/aromatic N) is 1. The Labute approximate surface area is 152 Å². The van der Waals surface area contributed by atoms with Crippen LogP contribution < -0.4 is 5.32 Å². The molecule has 140 valence electrons. The molecule has 6 heteroatoms. The first-order chi connectivity index (χ1) is 12.5. The van der Waals surface area contributed by atoms with Gasteiger partial charge in [0.15, 0.2) is 0 Å². The van der Waals surface area contributed by atoms with E-state index in [1.54, 1.807) is 12.1 Å². The summed E-state index contributed by atoms with van der Waals surface area (Å²) < 4.78 is 13.1. The second-order valence-electron chi connectivity index (χ2n) is 8.15. The summed E-state index contributed by atoms with van der Waals surface area (Å²) >= 11 is 0. The van der Waals surface area contributed by atoms with Gasteiger partial charge in [0.1, 0.15) is 5.82 Å². The first kappa shape index (κ1) is 17.5. The maximum absolute atomic E-state index is 13.1. The van der Waals surface area contributed by atoms with E-state index < -0.39 is 11.4 Å². The highest BCUT2D eigenvalue weighted by atomic mass is 19.1. The van der Waals surface area contributed by atoms with Crippen LogP contribution in [0, 0.1) is 11.7 Å². The van der Waals surface area contributed by atoms with E-state index in [1.165, 1.54) is 25.0 Å². The number of halogens is 1. The van der Waals surface area contributed by atoms with Crippen LogP contribution in [0.2, 0.25) is 0 Å². The Morgan fingerprint density at radius 3 is 2.38 bits per heavy atom. The molecular weight excluding hydrogens is 335 g/mol. The Kier molecular flexibility index (Phi) is 4.47. The largest absolute Gasteiger partial charge is 0.480 e. The highest BCUT2D eigenvalue weighted by Gasteiger charge is 2.52.